The van der Waals surface area contributed by atoms with Crippen LogP contribution in [0.4, 0.5) is 11.4 Å². The van der Waals surface area contributed by atoms with E-state index in [0.717, 1.165) is 24.3 Å². The van der Waals surface area contributed by atoms with Crippen LogP contribution in [0.2, 0.25) is 0 Å². The highest BCUT2D eigenvalue weighted by molar-refractivity contribution is 5.86. The van der Waals surface area contributed by atoms with Crippen molar-refractivity contribution < 1.29 is 4.79 Å². The predicted octanol–water partition coefficient (Wildman–Crippen LogP) is 0.766. The van der Waals surface area contributed by atoms with Gasteiger partial charge in [-0.1, -0.05) is 6.07 Å². The van der Waals surface area contributed by atoms with Crippen LogP contribution in [0.1, 0.15) is 12.5 Å². The van der Waals surface area contributed by atoms with Gasteiger partial charge >= 0.3 is 0 Å². The smallest absolute Gasteiger partial charge is 0.242 e. The van der Waals surface area contributed by atoms with E-state index in [9.17, 15) is 4.79 Å². The fourth-order valence-corrected chi connectivity index (χ4v) is 2.24. The first kappa shape index (κ1) is 10.8. The molecule has 1 aromatic rings. The molecule has 1 aromatic carbocycles. The Bertz CT molecular complexity index is 417. The van der Waals surface area contributed by atoms with Gasteiger partial charge in [-0.05, 0) is 25.5 Å². The molecule has 3 N–H and O–H groups in total. The van der Waals surface area contributed by atoms with E-state index in [1.54, 1.807) is 7.05 Å². The van der Waals surface area contributed by atoms with Crippen LogP contribution < -0.4 is 16.0 Å². The molecule has 1 atom stereocenters. The third kappa shape index (κ3) is 1.60. The SMILES string of the molecule is CNC(=O)C(C)N1CCc2c(N)cccc21. The van der Waals surface area contributed by atoms with E-state index in [1.165, 1.54) is 5.56 Å². The third-order valence-electron chi connectivity index (χ3n) is 3.19. The highest BCUT2D eigenvalue weighted by Gasteiger charge is 2.27. The summed E-state index contributed by atoms with van der Waals surface area (Å²) in [6, 6.07) is 5.72. The van der Waals surface area contributed by atoms with Gasteiger partial charge in [0.25, 0.3) is 0 Å². The largest absolute Gasteiger partial charge is 0.398 e. The lowest BCUT2D eigenvalue weighted by atomic mass is 10.1. The fourth-order valence-electron chi connectivity index (χ4n) is 2.24. The quantitative estimate of drug-likeness (QED) is 0.722. The first-order valence-electron chi connectivity index (χ1n) is 5.50. The standard InChI is InChI=1S/C12H17N3O/c1-8(12(16)14-2)15-7-6-9-10(13)4-3-5-11(9)15/h3-5,8H,6-7,13H2,1-2H3,(H,14,16). The number of nitrogens with one attached hydrogen (secondary N) is 1. The van der Waals surface area contributed by atoms with Crippen LogP contribution in [0.15, 0.2) is 18.2 Å². The molecule has 1 unspecified atom stereocenters. The maximum Gasteiger partial charge on any atom is 0.242 e. The van der Waals surface area contributed by atoms with Crippen molar-refractivity contribution in [3.63, 3.8) is 0 Å². The molecular formula is C12H17N3O. The van der Waals surface area contributed by atoms with Gasteiger partial charge in [0, 0.05) is 30.5 Å². The molecule has 1 aliphatic rings. The summed E-state index contributed by atoms with van der Waals surface area (Å²) in [4.78, 5) is 13.7. The summed E-state index contributed by atoms with van der Waals surface area (Å²) >= 11 is 0. The molecule has 0 bridgehead atoms. The first-order valence-corrected chi connectivity index (χ1v) is 5.50. The second-order valence-corrected chi connectivity index (χ2v) is 4.08. The predicted molar refractivity (Wildman–Crippen MR) is 65.4 cm³/mol. The van der Waals surface area contributed by atoms with Crippen molar-refractivity contribution in [3.05, 3.63) is 23.8 Å². The molecule has 1 heterocycles. The van der Waals surface area contributed by atoms with Gasteiger partial charge in [0.2, 0.25) is 5.91 Å². The van der Waals surface area contributed by atoms with Crippen LogP contribution in [0.25, 0.3) is 0 Å². The van der Waals surface area contributed by atoms with Gasteiger partial charge in [0.05, 0.1) is 0 Å². The molecule has 0 aromatic heterocycles. The minimum Gasteiger partial charge on any atom is -0.398 e. The zero-order valence-corrected chi connectivity index (χ0v) is 9.66. The average Bonchev–Trinajstić information content (AvgIpc) is 2.72. The van der Waals surface area contributed by atoms with E-state index in [-0.39, 0.29) is 11.9 Å². The number of carbonyl (C=O) groups excluding carboxylic acids is 1. The number of likely N-dealkylation sites (N-methyl/N-ethyl adjacent to an activating group) is 1. The maximum atomic E-state index is 11.6. The van der Waals surface area contributed by atoms with E-state index in [4.69, 9.17) is 5.73 Å². The maximum absolute atomic E-state index is 11.6. The Kier molecular flexibility index (Phi) is 2.73. The second-order valence-electron chi connectivity index (χ2n) is 4.08. The number of benzene rings is 1. The van der Waals surface area contributed by atoms with E-state index in [2.05, 4.69) is 10.2 Å². The third-order valence-corrected chi connectivity index (χ3v) is 3.19. The Morgan fingerprint density at radius 3 is 3.00 bits per heavy atom. The molecule has 0 saturated heterocycles. The number of anilines is 2. The zero-order chi connectivity index (χ0) is 11.7. The fraction of sp³-hybridized carbons (Fsp3) is 0.417. The molecule has 1 amide bonds. The minimum atomic E-state index is -0.145. The number of nitrogens with two attached hydrogens (primary N) is 1. The molecule has 86 valence electrons. The number of carbonyl (C=O) groups is 1. The van der Waals surface area contributed by atoms with Crippen LogP contribution >= 0.6 is 0 Å². The molecule has 0 fully saturated rings. The van der Waals surface area contributed by atoms with Gasteiger partial charge in [-0.25, -0.2) is 0 Å². The lowest BCUT2D eigenvalue weighted by molar-refractivity contribution is -0.121. The number of rotatable bonds is 2. The molecule has 16 heavy (non-hydrogen) atoms. The zero-order valence-electron chi connectivity index (χ0n) is 9.66. The monoisotopic (exact) mass is 219 g/mol. The van der Waals surface area contributed by atoms with Crippen LogP contribution in [-0.2, 0) is 11.2 Å². The van der Waals surface area contributed by atoms with Gasteiger partial charge in [-0.2, -0.15) is 0 Å². The Morgan fingerprint density at radius 1 is 1.56 bits per heavy atom. The Morgan fingerprint density at radius 2 is 2.31 bits per heavy atom. The van der Waals surface area contributed by atoms with Gasteiger partial charge in [0.1, 0.15) is 6.04 Å². The van der Waals surface area contributed by atoms with Crippen molar-refractivity contribution in [1.29, 1.82) is 0 Å². The average molecular weight is 219 g/mol. The highest BCUT2D eigenvalue weighted by atomic mass is 16.2. The van der Waals surface area contributed by atoms with Crippen molar-refractivity contribution in [2.45, 2.75) is 19.4 Å². The van der Waals surface area contributed by atoms with Crippen molar-refractivity contribution in [2.24, 2.45) is 0 Å². The summed E-state index contributed by atoms with van der Waals surface area (Å²) in [7, 11) is 1.66. The summed E-state index contributed by atoms with van der Waals surface area (Å²) in [5.74, 6) is 0.0373. The molecule has 2 rings (SSSR count). The Labute approximate surface area is 95.4 Å². The minimum absolute atomic E-state index is 0.0373. The van der Waals surface area contributed by atoms with E-state index in [0.29, 0.717) is 0 Å². The van der Waals surface area contributed by atoms with E-state index in [1.807, 2.05) is 25.1 Å². The summed E-state index contributed by atoms with van der Waals surface area (Å²) in [5, 5.41) is 2.68. The Hall–Kier alpha value is -1.71. The number of hydrogen-bond donors (Lipinski definition) is 2. The molecule has 0 saturated carbocycles. The molecule has 0 radical (unpaired) electrons. The van der Waals surface area contributed by atoms with E-state index < -0.39 is 0 Å². The molecule has 4 nitrogen and oxygen atoms in total. The number of hydrogen-bond acceptors (Lipinski definition) is 3. The molecule has 0 aliphatic carbocycles. The second kappa shape index (κ2) is 4.04. The van der Waals surface area contributed by atoms with Crippen molar-refractivity contribution >= 4 is 17.3 Å². The van der Waals surface area contributed by atoms with Crippen molar-refractivity contribution in [1.82, 2.24) is 5.32 Å². The molecule has 4 heteroatoms. The van der Waals surface area contributed by atoms with Crippen LogP contribution in [0, 0.1) is 0 Å². The summed E-state index contributed by atoms with van der Waals surface area (Å²) < 4.78 is 0. The lowest BCUT2D eigenvalue weighted by Gasteiger charge is -2.25. The van der Waals surface area contributed by atoms with Gasteiger partial charge in [0.15, 0.2) is 0 Å². The van der Waals surface area contributed by atoms with Crippen LogP contribution in [0.3, 0.4) is 0 Å². The number of amides is 1. The highest BCUT2D eigenvalue weighted by Crippen LogP contribution is 2.33. The first-order chi connectivity index (χ1) is 7.65. The molecular weight excluding hydrogens is 202 g/mol. The normalized spacial score (nSPS) is 15.8. The van der Waals surface area contributed by atoms with Gasteiger partial charge in [-0.3, -0.25) is 4.79 Å². The van der Waals surface area contributed by atoms with Crippen molar-refractivity contribution in [3.8, 4) is 0 Å². The van der Waals surface area contributed by atoms with Gasteiger partial charge < -0.3 is 16.0 Å². The van der Waals surface area contributed by atoms with Gasteiger partial charge in [-0.15, -0.1) is 0 Å². The topological polar surface area (TPSA) is 58.4 Å². The molecule has 0 spiro atoms. The summed E-state index contributed by atoms with van der Waals surface area (Å²) in [6.07, 6.45) is 0.920. The number of fused-ring (bicyclic) bond motifs is 1. The summed E-state index contributed by atoms with van der Waals surface area (Å²) in [5.41, 5.74) is 9.00. The number of nitrogens with zero attached hydrogens (tertiary/aromatic N) is 1. The Balaban J connectivity index is 2.30. The van der Waals surface area contributed by atoms with Crippen LogP contribution in [-0.4, -0.2) is 25.5 Å². The molecule has 1 aliphatic heterocycles. The van der Waals surface area contributed by atoms with E-state index >= 15 is 0 Å². The number of nitrogen functional groups attached to an aromatic ring is 1. The summed E-state index contributed by atoms with van der Waals surface area (Å²) in [6.45, 7) is 2.77. The van der Waals surface area contributed by atoms with Crippen LogP contribution in [0.5, 0.6) is 0 Å². The lowest BCUT2D eigenvalue weighted by Crippen LogP contribution is -2.43. The van der Waals surface area contributed by atoms with Crippen molar-refractivity contribution in [2.75, 3.05) is 24.2 Å².